The number of morpholine rings is 1. The van der Waals surface area contributed by atoms with Gasteiger partial charge < -0.3 is 15.0 Å². The first-order chi connectivity index (χ1) is 13.1. The van der Waals surface area contributed by atoms with Gasteiger partial charge in [-0.15, -0.1) is 0 Å². The summed E-state index contributed by atoms with van der Waals surface area (Å²) in [7, 11) is 0. The summed E-state index contributed by atoms with van der Waals surface area (Å²) < 4.78 is 5.64. The molecule has 1 aliphatic heterocycles. The molecule has 144 valence electrons. The number of nitroso groups, excluding NO2 is 1. The maximum atomic E-state index is 12.9. The van der Waals surface area contributed by atoms with Crippen molar-refractivity contribution in [2.75, 3.05) is 26.2 Å². The number of hydrogen-bond donors (Lipinski definition) is 1. The molecule has 1 aliphatic rings. The predicted molar refractivity (Wildman–Crippen MR) is 98.7 cm³/mol. The van der Waals surface area contributed by atoms with E-state index in [2.05, 4.69) is 16.6 Å². The fraction of sp³-hybridized carbons (Fsp3) is 0.526. The highest BCUT2D eigenvalue weighted by Crippen LogP contribution is 2.18. The highest BCUT2D eigenvalue weighted by atomic mass is 16.5. The van der Waals surface area contributed by atoms with Crippen molar-refractivity contribution >= 4 is 11.8 Å². The standard InChI is InChI=1S/C19H24N4O4/c1-2-3-16(18(24)21-8-9-22-26)23-10-11-27-17(19(23)25)12-14-4-6-15(13-20)7-5-14/h4-7,16-17H,2-3,8-12H2,1H3,(H,21,24). The quantitative estimate of drug-likeness (QED) is 0.520. The minimum atomic E-state index is -0.657. The van der Waals surface area contributed by atoms with Crippen LogP contribution in [0.5, 0.6) is 0 Å². The lowest BCUT2D eigenvalue weighted by Crippen LogP contribution is -2.57. The van der Waals surface area contributed by atoms with Crippen LogP contribution in [0.3, 0.4) is 0 Å². The van der Waals surface area contributed by atoms with Crippen molar-refractivity contribution in [1.29, 1.82) is 5.26 Å². The Morgan fingerprint density at radius 3 is 2.81 bits per heavy atom. The SMILES string of the molecule is CCCC(C(=O)NCCN=O)N1CCOC(Cc2ccc(C#N)cc2)C1=O. The maximum absolute atomic E-state index is 12.9. The first kappa shape index (κ1) is 20.5. The molecule has 1 aromatic rings. The number of benzene rings is 1. The van der Waals surface area contributed by atoms with Gasteiger partial charge >= 0.3 is 0 Å². The molecular weight excluding hydrogens is 348 g/mol. The Hall–Kier alpha value is -2.79. The largest absolute Gasteiger partial charge is 0.366 e. The fourth-order valence-electron chi connectivity index (χ4n) is 3.09. The molecule has 0 saturated carbocycles. The monoisotopic (exact) mass is 372 g/mol. The number of carbonyl (C=O) groups excluding carboxylic acids is 2. The van der Waals surface area contributed by atoms with Crippen molar-refractivity contribution < 1.29 is 14.3 Å². The minimum absolute atomic E-state index is 0.00294. The molecule has 1 heterocycles. The molecule has 0 aliphatic carbocycles. The second-order valence-corrected chi connectivity index (χ2v) is 6.35. The molecule has 0 aromatic heterocycles. The van der Waals surface area contributed by atoms with Gasteiger partial charge in [0.05, 0.1) is 24.8 Å². The zero-order valence-corrected chi connectivity index (χ0v) is 15.4. The van der Waals surface area contributed by atoms with Gasteiger partial charge in [0.25, 0.3) is 5.91 Å². The van der Waals surface area contributed by atoms with E-state index in [-0.39, 0.29) is 24.9 Å². The van der Waals surface area contributed by atoms with E-state index < -0.39 is 12.1 Å². The molecule has 0 spiro atoms. The maximum Gasteiger partial charge on any atom is 0.252 e. The summed E-state index contributed by atoms with van der Waals surface area (Å²) in [5, 5.41) is 14.3. The van der Waals surface area contributed by atoms with E-state index in [0.29, 0.717) is 31.6 Å². The third kappa shape index (κ3) is 5.59. The van der Waals surface area contributed by atoms with E-state index in [1.54, 1.807) is 29.2 Å². The molecule has 1 aromatic carbocycles. The van der Waals surface area contributed by atoms with Crippen molar-refractivity contribution in [2.45, 2.75) is 38.3 Å². The van der Waals surface area contributed by atoms with E-state index in [4.69, 9.17) is 10.00 Å². The van der Waals surface area contributed by atoms with Gasteiger partial charge in [0, 0.05) is 19.5 Å². The molecular formula is C19H24N4O4. The molecule has 0 bridgehead atoms. The molecule has 1 N–H and O–H groups in total. The number of nitrogens with one attached hydrogen (secondary N) is 1. The molecule has 2 amide bonds. The van der Waals surface area contributed by atoms with Crippen LogP contribution in [-0.2, 0) is 20.7 Å². The van der Waals surface area contributed by atoms with Crippen molar-refractivity contribution in [1.82, 2.24) is 10.2 Å². The van der Waals surface area contributed by atoms with E-state index in [1.807, 2.05) is 6.92 Å². The summed E-state index contributed by atoms with van der Waals surface area (Å²) >= 11 is 0. The predicted octanol–water partition coefficient (Wildman–Crippen LogP) is 1.38. The summed E-state index contributed by atoms with van der Waals surface area (Å²) in [5.41, 5.74) is 1.45. The van der Waals surface area contributed by atoms with Gasteiger partial charge in [0.2, 0.25) is 5.91 Å². The first-order valence-electron chi connectivity index (χ1n) is 9.08. The smallest absolute Gasteiger partial charge is 0.252 e. The Bertz CT molecular complexity index is 699. The second kappa shape index (κ2) is 10.4. The Morgan fingerprint density at radius 1 is 1.44 bits per heavy atom. The normalized spacial score (nSPS) is 17.9. The lowest BCUT2D eigenvalue weighted by Gasteiger charge is -2.37. The summed E-state index contributed by atoms with van der Waals surface area (Å²) in [6.45, 7) is 2.83. The topological polar surface area (TPSA) is 112 Å². The Balaban J connectivity index is 2.06. The number of amides is 2. The van der Waals surface area contributed by atoms with E-state index in [1.165, 1.54) is 0 Å². The number of carbonyl (C=O) groups is 2. The van der Waals surface area contributed by atoms with Crippen LogP contribution in [0.2, 0.25) is 0 Å². The van der Waals surface area contributed by atoms with Crippen LogP contribution >= 0.6 is 0 Å². The second-order valence-electron chi connectivity index (χ2n) is 6.35. The van der Waals surface area contributed by atoms with E-state index in [0.717, 1.165) is 12.0 Å². The van der Waals surface area contributed by atoms with Gasteiger partial charge in [-0.05, 0) is 24.1 Å². The summed E-state index contributed by atoms with van der Waals surface area (Å²) in [6, 6.07) is 8.49. The molecule has 1 saturated heterocycles. The summed E-state index contributed by atoms with van der Waals surface area (Å²) in [5.74, 6) is -0.486. The van der Waals surface area contributed by atoms with E-state index in [9.17, 15) is 14.5 Å². The minimum Gasteiger partial charge on any atom is -0.366 e. The molecule has 2 atom stereocenters. The van der Waals surface area contributed by atoms with Crippen LogP contribution in [0.1, 0.15) is 30.9 Å². The Kier molecular flexibility index (Phi) is 7.89. The lowest BCUT2D eigenvalue weighted by molar-refractivity contribution is -0.159. The molecule has 8 heteroatoms. The van der Waals surface area contributed by atoms with Crippen molar-refractivity contribution in [3.05, 3.63) is 40.3 Å². The van der Waals surface area contributed by atoms with Gasteiger partial charge in [-0.25, -0.2) is 0 Å². The molecule has 27 heavy (non-hydrogen) atoms. The van der Waals surface area contributed by atoms with Gasteiger partial charge in [0.1, 0.15) is 12.1 Å². The average molecular weight is 372 g/mol. The molecule has 1 fully saturated rings. The molecule has 0 radical (unpaired) electrons. The van der Waals surface area contributed by atoms with Crippen LogP contribution < -0.4 is 5.32 Å². The number of nitriles is 1. The highest BCUT2D eigenvalue weighted by molar-refractivity contribution is 5.90. The fourth-order valence-corrected chi connectivity index (χ4v) is 3.09. The number of hydrogen-bond acceptors (Lipinski definition) is 6. The van der Waals surface area contributed by atoms with Crippen molar-refractivity contribution in [3.8, 4) is 6.07 Å². The van der Waals surface area contributed by atoms with E-state index >= 15 is 0 Å². The van der Waals surface area contributed by atoms with Gasteiger partial charge in [0.15, 0.2) is 0 Å². The van der Waals surface area contributed by atoms with Crippen molar-refractivity contribution in [2.24, 2.45) is 5.18 Å². The first-order valence-corrected chi connectivity index (χ1v) is 9.08. The molecule has 8 nitrogen and oxygen atoms in total. The van der Waals surface area contributed by atoms with Gasteiger partial charge in [-0.2, -0.15) is 10.2 Å². The molecule has 2 rings (SSSR count). The number of rotatable bonds is 9. The summed E-state index contributed by atoms with van der Waals surface area (Å²) in [4.78, 5) is 37.1. The molecule has 2 unspecified atom stereocenters. The Labute approximate surface area is 158 Å². The average Bonchev–Trinajstić information content (AvgIpc) is 2.69. The lowest BCUT2D eigenvalue weighted by atomic mass is 10.0. The zero-order valence-electron chi connectivity index (χ0n) is 15.4. The van der Waals surface area contributed by atoms with Gasteiger partial charge in [-0.3, -0.25) is 9.59 Å². The Morgan fingerprint density at radius 2 is 2.19 bits per heavy atom. The summed E-state index contributed by atoms with van der Waals surface area (Å²) in [6.07, 6.45) is 1.01. The third-order valence-electron chi connectivity index (χ3n) is 4.46. The number of nitrogens with zero attached hydrogens (tertiary/aromatic N) is 3. The van der Waals surface area contributed by atoms with Crippen LogP contribution in [-0.4, -0.2) is 55.1 Å². The van der Waals surface area contributed by atoms with Crippen LogP contribution in [0.25, 0.3) is 0 Å². The highest BCUT2D eigenvalue weighted by Gasteiger charge is 2.36. The van der Waals surface area contributed by atoms with Crippen LogP contribution in [0.4, 0.5) is 0 Å². The zero-order chi connectivity index (χ0) is 19.6. The van der Waals surface area contributed by atoms with Crippen LogP contribution in [0, 0.1) is 16.2 Å². The van der Waals surface area contributed by atoms with Crippen LogP contribution in [0.15, 0.2) is 29.4 Å². The third-order valence-corrected chi connectivity index (χ3v) is 4.46. The van der Waals surface area contributed by atoms with Gasteiger partial charge in [-0.1, -0.05) is 30.7 Å². The number of ether oxygens (including phenoxy) is 1. The van der Waals surface area contributed by atoms with Crippen molar-refractivity contribution in [3.63, 3.8) is 0 Å².